The first-order valence-electron chi connectivity index (χ1n) is 12.3. The molecule has 0 N–H and O–H groups in total. The third-order valence-electron chi connectivity index (χ3n) is 6.92. The summed E-state index contributed by atoms with van der Waals surface area (Å²) in [5, 5.41) is 5.78. The van der Waals surface area contributed by atoms with Crippen LogP contribution in [0.2, 0.25) is 5.02 Å². The molecule has 0 atom stereocenters. The highest BCUT2D eigenvalue weighted by Crippen LogP contribution is 2.47. The van der Waals surface area contributed by atoms with Gasteiger partial charge in [0.05, 0.1) is 15.4 Å². The largest absolute Gasteiger partial charge is 0.309 e. The topological polar surface area (TPSA) is 3.24 Å². The molecular weight excluding hydrogens is 490 g/mol. The predicted octanol–water partition coefficient (Wildman–Crippen LogP) is 11.0. The van der Waals surface area contributed by atoms with Gasteiger partial charge in [-0.15, -0.1) is 11.3 Å². The number of rotatable bonds is 4. The van der Waals surface area contributed by atoms with Gasteiger partial charge < -0.3 is 4.90 Å². The predicted molar refractivity (Wildman–Crippen MR) is 162 cm³/mol. The molecule has 1 aromatic heterocycles. The van der Waals surface area contributed by atoms with Crippen LogP contribution in [0.5, 0.6) is 0 Å². The Morgan fingerprint density at radius 1 is 0.541 bits per heavy atom. The minimum Gasteiger partial charge on any atom is -0.309 e. The molecule has 0 unspecified atom stereocenters. The van der Waals surface area contributed by atoms with Crippen molar-refractivity contribution in [2.45, 2.75) is 0 Å². The van der Waals surface area contributed by atoms with Crippen molar-refractivity contribution >= 4 is 70.9 Å². The van der Waals surface area contributed by atoms with Gasteiger partial charge in [0.25, 0.3) is 0 Å². The molecule has 0 amide bonds. The Morgan fingerprint density at radius 2 is 1.24 bits per heavy atom. The van der Waals surface area contributed by atoms with Crippen LogP contribution in [0.3, 0.4) is 0 Å². The molecule has 7 aromatic rings. The molecule has 7 rings (SSSR count). The monoisotopic (exact) mass is 511 g/mol. The summed E-state index contributed by atoms with van der Waals surface area (Å²) in [6, 6.07) is 47.0. The highest BCUT2D eigenvalue weighted by Gasteiger charge is 2.20. The Morgan fingerprint density at radius 3 is 2.08 bits per heavy atom. The highest BCUT2D eigenvalue weighted by molar-refractivity contribution is 7.26. The van der Waals surface area contributed by atoms with E-state index in [1.165, 1.54) is 37.4 Å². The fourth-order valence-corrected chi connectivity index (χ4v) is 6.72. The highest BCUT2D eigenvalue weighted by atomic mass is 35.5. The van der Waals surface area contributed by atoms with E-state index < -0.39 is 0 Å². The summed E-state index contributed by atoms with van der Waals surface area (Å²) in [7, 11) is 0. The molecule has 0 spiro atoms. The minimum absolute atomic E-state index is 0.775. The Balaban J connectivity index is 1.46. The maximum Gasteiger partial charge on any atom is 0.0825 e. The van der Waals surface area contributed by atoms with Crippen molar-refractivity contribution < 1.29 is 0 Å². The van der Waals surface area contributed by atoms with Crippen LogP contribution in [0.1, 0.15) is 0 Å². The van der Waals surface area contributed by atoms with Crippen LogP contribution in [-0.4, -0.2) is 0 Å². The zero-order chi connectivity index (χ0) is 24.8. The molecule has 0 aliphatic heterocycles. The summed E-state index contributed by atoms with van der Waals surface area (Å²) < 4.78 is 2.37. The minimum atomic E-state index is 0.775. The average molecular weight is 512 g/mol. The van der Waals surface area contributed by atoms with Crippen molar-refractivity contribution in [3.63, 3.8) is 0 Å². The lowest BCUT2D eigenvalue weighted by Crippen LogP contribution is -2.10. The Bertz CT molecular complexity index is 1890. The lowest BCUT2D eigenvalue weighted by atomic mass is 10.0. The third-order valence-corrected chi connectivity index (χ3v) is 8.60. The molecule has 0 saturated heterocycles. The van der Waals surface area contributed by atoms with E-state index in [2.05, 4.69) is 126 Å². The number of hydrogen-bond donors (Lipinski definition) is 0. The first-order chi connectivity index (χ1) is 18.3. The van der Waals surface area contributed by atoms with Gasteiger partial charge in [0.1, 0.15) is 0 Å². The fourth-order valence-electron chi connectivity index (χ4n) is 5.20. The molecule has 0 aliphatic carbocycles. The summed E-state index contributed by atoms with van der Waals surface area (Å²) >= 11 is 9.05. The van der Waals surface area contributed by atoms with Crippen LogP contribution in [-0.2, 0) is 0 Å². The first kappa shape index (κ1) is 22.1. The van der Waals surface area contributed by atoms with Crippen molar-refractivity contribution in [1.82, 2.24) is 0 Å². The Hall–Kier alpha value is -4.11. The summed E-state index contributed by atoms with van der Waals surface area (Å²) in [4.78, 5) is 2.26. The van der Waals surface area contributed by atoms with Crippen LogP contribution in [0.4, 0.5) is 17.1 Å². The summed E-state index contributed by atoms with van der Waals surface area (Å²) in [6.45, 7) is 0. The lowest BCUT2D eigenvalue weighted by molar-refractivity contribution is 1.29. The van der Waals surface area contributed by atoms with E-state index in [0.717, 1.165) is 26.8 Å². The zero-order valence-corrected chi connectivity index (χ0v) is 21.5. The molecule has 0 aliphatic rings. The summed E-state index contributed by atoms with van der Waals surface area (Å²) in [6.07, 6.45) is 0. The fraction of sp³-hybridized carbons (Fsp3) is 0. The van der Waals surface area contributed by atoms with Gasteiger partial charge in [-0.1, -0.05) is 109 Å². The number of para-hydroxylation sites is 1. The normalized spacial score (nSPS) is 11.4. The van der Waals surface area contributed by atoms with Gasteiger partial charge in [0.15, 0.2) is 0 Å². The van der Waals surface area contributed by atoms with Crippen LogP contribution in [0, 0.1) is 0 Å². The van der Waals surface area contributed by atoms with Crippen LogP contribution in [0.15, 0.2) is 133 Å². The molecule has 0 radical (unpaired) electrons. The SMILES string of the molecule is Clc1c(N(c2ccccc2)c2cccc(-c3ccccc3)c2)ccc2c1sc1ccc3ccccc3c12. The number of anilines is 3. The standard InChI is InChI=1S/C34H22ClNS/c35-33-30(20-19-29-32-28-17-8-7-12-24(28)18-21-31(32)37-34(29)33)36(26-14-5-2-6-15-26)27-16-9-13-25(22-27)23-10-3-1-4-11-23/h1-22H. The quantitative estimate of drug-likeness (QED) is 0.227. The van der Waals surface area contributed by atoms with Crippen LogP contribution in [0.25, 0.3) is 42.1 Å². The molecule has 1 nitrogen and oxygen atoms in total. The summed E-state index contributed by atoms with van der Waals surface area (Å²) in [5.74, 6) is 0. The van der Waals surface area contributed by atoms with E-state index in [0.29, 0.717) is 0 Å². The van der Waals surface area contributed by atoms with Gasteiger partial charge >= 0.3 is 0 Å². The molecule has 1 heterocycles. The maximum atomic E-state index is 7.28. The second-order valence-corrected chi connectivity index (χ2v) is 10.6. The van der Waals surface area contributed by atoms with Crippen molar-refractivity contribution in [3.05, 3.63) is 138 Å². The zero-order valence-electron chi connectivity index (χ0n) is 19.9. The van der Waals surface area contributed by atoms with E-state index in [9.17, 15) is 0 Å². The average Bonchev–Trinajstić information content (AvgIpc) is 3.36. The summed E-state index contributed by atoms with van der Waals surface area (Å²) in [5.41, 5.74) is 5.47. The van der Waals surface area contributed by atoms with E-state index in [1.807, 2.05) is 12.1 Å². The molecule has 0 fully saturated rings. The molecule has 0 saturated carbocycles. The molecule has 0 bridgehead atoms. The third kappa shape index (κ3) is 3.77. The van der Waals surface area contributed by atoms with E-state index in [4.69, 9.17) is 11.6 Å². The Kier molecular flexibility index (Phi) is 5.43. The van der Waals surface area contributed by atoms with Crippen molar-refractivity contribution in [3.8, 4) is 11.1 Å². The van der Waals surface area contributed by atoms with Gasteiger partial charge in [-0.2, -0.15) is 0 Å². The first-order valence-corrected chi connectivity index (χ1v) is 13.5. The Labute approximate surface area is 224 Å². The second-order valence-electron chi connectivity index (χ2n) is 9.12. The van der Waals surface area contributed by atoms with Crippen LogP contribution >= 0.6 is 22.9 Å². The molecule has 176 valence electrons. The maximum absolute atomic E-state index is 7.28. The lowest BCUT2D eigenvalue weighted by Gasteiger charge is -2.27. The van der Waals surface area contributed by atoms with Crippen molar-refractivity contribution in [2.24, 2.45) is 0 Å². The number of nitrogens with zero attached hydrogens (tertiary/aromatic N) is 1. The molecule has 6 aromatic carbocycles. The number of benzene rings is 6. The van der Waals surface area contributed by atoms with Gasteiger partial charge in [-0.25, -0.2) is 0 Å². The molecule has 37 heavy (non-hydrogen) atoms. The van der Waals surface area contributed by atoms with Gasteiger partial charge in [-0.3, -0.25) is 0 Å². The number of fused-ring (bicyclic) bond motifs is 5. The van der Waals surface area contributed by atoms with Gasteiger partial charge in [0, 0.05) is 26.8 Å². The number of halogens is 1. The van der Waals surface area contributed by atoms with Gasteiger partial charge in [0.2, 0.25) is 0 Å². The van der Waals surface area contributed by atoms with Crippen LogP contribution < -0.4 is 4.90 Å². The number of hydrogen-bond acceptors (Lipinski definition) is 2. The molecule has 3 heteroatoms. The smallest absolute Gasteiger partial charge is 0.0825 e. The van der Waals surface area contributed by atoms with Crippen molar-refractivity contribution in [2.75, 3.05) is 4.90 Å². The van der Waals surface area contributed by atoms with Gasteiger partial charge in [-0.05, 0) is 58.3 Å². The van der Waals surface area contributed by atoms with E-state index >= 15 is 0 Å². The van der Waals surface area contributed by atoms with Crippen molar-refractivity contribution in [1.29, 1.82) is 0 Å². The second kappa shape index (κ2) is 9.08. The van der Waals surface area contributed by atoms with E-state index in [1.54, 1.807) is 11.3 Å². The van der Waals surface area contributed by atoms with E-state index in [-0.39, 0.29) is 0 Å². The molecular formula is C34H22ClNS. The number of thiophene rings is 1.